The van der Waals surface area contributed by atoms with E-state index in [1.54, 1.807) is 11.1 Å². The molecule has 3 N–H and O–H groups in total. The number of thiocarbonyl (C=S) groups is 1. The van der Waals surface area contributed by atoms with Gasteiger partial charge in [-0.1, -0.05) is 29.2 Å². The zero-order valence-electron chi connectivity index (χ0n) is 16.0. The van der Waals surface area contributed by atoms with Crippen molar-refractivity contribution in [2.75, 3.05) is 12.3 Å². The molecular formula is C18H18N8OS3. The Hall–Kier alpha value is -2.70. The number of thioether (sulfide) groups is 1. The molecule has 30 heavy (non-hydrogen) atoms. The van der Waals surface area contributed by atoms with Crippen LogP contribution in [0.15, 0.2) is 22.5 Å². The summed E-state index contributed by atoms with van der Waals surface area (Å²) >= 11 is 8.25. The Bertz CT molecular complexity index is 1110. The van der Waals surface area contributed by atoms with Crippen LogP contribution in [0.1, 0.15) is 29.1 Å². The molecule has 3 aromatic heterocycles. The van der Waals surface area contributed by atoms with E-state index < -0.39 is 0 Å². The number of aromatic nitrogens is 6. The number of hydrogen-bond acceptors (Lipinski definition) is 10. The summed E-state index contributed by atoms with van der Waals surface area (Å²) in [5.74, 6) is 1.65. The number of aromatic amines is 1. The Morgan fingerprint density at radius 1 is 1.37 bits per heavy atom. The minimum absolute atomic E-state index is 0.0599. The van der Waals surface area contributed by atoms with Gasteiger partial charge in [-0.25, -0.2) is 9.97 Å². The van der Waals surface area contributed by atoms with Gasteiger partial charge >= 0.3 is 0 Å². The van der Waals surface area contributed by atoms with E-state index >= 15 is 0 Å². The number of rotatable bonds is 7. The lowest BCUT2D eigenvalue weighted by atomic mass is 10.2. The molecule has 0 aromatic carbocycles. The number of nitrogens with two attached hydrogens (primary N) is 1. The summed E-state index contributed by atoms with van der Waals surface area (Å²) in [6.07, 6.45) is 5.95. The highest BCUT2D eigenvalue weighted by molar-refractivity contribution is 8.26. The zero-order chi connectivity index (χ0) is 21.1. The maximum absolute atomic E-state index is 12.8. The molecular weight excluding hydrogens is 440 g/mol. The monoisotopic (exact) mass is 458 g/mol. The number of hydrogen-bond donors (Lipinski definition) is 2. The fraction of sp³-hybridized carbons (Fsp3) is 0.278. The molecule has 9 nitrogen and oxygen atoms in total. The van der Waals surface area contributed by atoms with Crippen LogP contribution in [0.2, 0.25) is 0 Å². The van der Waals surface area contributed by atoms with Crippen LogP contribution in [0, 0.1) is 6.92 Å². The second kappa shape index (κ2) is 8.98. The van der Waals surface area contributed by atoms with Gasteiger partial charge in [-0.3, -0.25) is 9.69 Å². The molecule has 1 aliphatic rings. The largest absolute Gasteiger partial charge is 0.383 e. The molecule has 0 aliphatic carbocycles. The highest BCUT2D eigenvalue weighted by Gasteiger charge is 2.31. The van der Waals surface area contributed by atoms with Crippen LogP contribution < -0.4 is 5.73 Å². The van der Waals surface area contributed by atoms with Gasteiger partial charge < -0.3 is 5.73 Å². The van der Waals surface area contributed by atoms with Crippen molar-refractivity contribution in [2.24, 2.45) is 0 Å². The van der Waals surface area contributed by atoms with Crippen molar-refractivity contribution in [1.82, 2.24) is 35.5 Å². The molecule has 3 aromatic rings. The van der Waals surface area contributed by atoms with Gasteiger partial charge in [-0.15, -0.1) is 21.5 Å². The van der Waals surface area contributed by atoms with Gasteiger partial charge in [0.2, 0.25) is 0 Å². The van der Waals surface area contributed by atoms with Crippen LogP contribution in [-0.4, -0.2) is 52.3 Å². The van der Waals surface area contributed by atoms with Crippen LogP contribution in [0.4, 0.5) is 5.82 Å². The number of H-pyrrole nitrogens is 1. The van der Waals surface area contributed by atoms with Crippen LogP contribution in [-0.2, 0) is 11.2 Å². The van der Waals surface area contributed by atoms with E-state index in [2.05, 4.69) is 30.6 Å². The third kappa shape index (κ3) is 4.55. The average Bonchev–Trinajstić information content (AvgIpc) is 3.45. The normalized spacial score (nSPS) is 15.5. The SMILES string of the molecule is Cc1cnc(-c2csc(/C=C3\SC(=S)N(CCCCc4nn[nH]n4)C3=O)c2)nc1N. The molecule has 1 saturated heterocycles. The minimum atomic E-state index is -0.0599. The van der Waals surface area contributed by atoms with Crippen molar-refractivity contribution in [3.05, 3.63) is 38.8 Å². The van der Waals surface area contributed by atoms with Crippen LogP contribution in [0.25, 0.3) is 17.5 Å². The maximum Gasteiger partial charge on any atom is 0.266 e. The van der Waals surface area contributed by atoms with E-state index in [0.717, 1.165) is 28.8 Å². The first-order valence-corrected chi connectivity index (χ1v) is 11.3. The number of nitrogens with one attached hydrogen (secondary N) is 1. The molecule has 4 heterocycles. The fourth-order valence-electron chi connectivity index (χ4n) is 2.80. The summed E-state index contributed by atoms with van der Waals surface area (Å²) in [4.78, 5) is 24.6. The lowest BCUT2D eigenvalue weighted by molar-refractivity contribution is -0.122. The van der Waals surface area contributed by atoms with E-state index in [9.17, 15) is 4.79 Å². The Kier molecular flexibility index (Phi) is 6.16. The summed E-state index contributed by atoms with van der Waals surface area (Å²) in [6.45, 7) is 2.44. The van der Waals surface area contributed by atoms with E-state index in [1.807, 2.05) is 24.4 Å². The zero-order valence-corrected chi connectivity index (χ0v) is 18.5. The Balaban J connectivity index is 1.39. The lowest BCUT2D eigenvalue weighted by Gasteiger charge is -2.13. The first-order valence-electron chi connectivity index (χ1n) is 9.17. The van der Waals surface area contributed by atoms with Gasteiger partial charge in [0.1, 0.15) is 10.1 Å². The number of aryl methyl sites for hydroxylation is 2. The second-order valence-electron chi connectivity index (χ2n) is 6.62. The molecule has 1 aliphatic heterocycles. The van der Waals surface area contributed by atoms with Crippen molar-refractivity contribution in [2.45, 2.75) is 26.2 Å². The topological polar surface area (TPSA) is 127 Å². The Labute approximate surface area is 186 Å². The highest BCUT2D eigenvalue weighted by Crippen LogP contribution is 2.34. The second-order valence-corrected chi connectivity index (χ2v) is 9.24. The quantitative estimate of drug-likeness (QED) is 0.312. The Morgan fingerprint density at radius 3 is 3.00 bits per heavy atom. The molecule has 0 unspecified atom stereocenters. The molecule has 1 amide bonds. The number of unbranched alkanes of at least 4 members (excludes halogenated alkanes) is 1. The number of amides is 1. The lowest BCUT2D eigenvalue weighted by Crippen LogP contribution is -2.29. The number of thiophene rings is 1. The van der Waals surface area contributed by atoms with Crippen molar-refractivity contribution < 1.29 is 4.79 Å². The van der Waals surface area contributed by atoms with Gasteiger partial charge in [0.05, 0.1) is 4.91 Å². The third-order valence-corrected chi connectivity index (χ3v) is 6.71. The van der Waals surface area contributed by atoms with Crippen molar-refractivity contribution >= 4 is 57.4 Å². The smallest absolute Gasteiger partial charge is 0.266 e. The van der Waals surface area contributed by atoms with Crippen LogP contribution in [0.3, 0.4) is 0 Å². The number of anilines is 1. The predicted octanol–water partition coefficient (Wildman–Crippen LogP) is 2.83. The summed E-state index contributed by atoms with van der Waals surface area (Å²) in [6, 6.07) is 1.95. The van der Waals surface area contributed by atoms with Crippen LogP contribution >= 0.6 is 35.3 Å². The molecule has 154 valence electrons. The summed E-state index contributed by atoms with van der Waals surface area (Å²) in [5, 5.41) is 15.8. The molecule has 0 radical (unpaired) electrons. The molecule has 4 rings (SSSR count). The summed E-state index contributed by atoms with van der Waals surface area (Å²) in [7, 11) is 0. The van der Waals surface area contributed by atoms with Crippen molar-refractivity contribution in [1.29, 1.82) is 0 Å². The molecule has 0 saturated carbocycles. The molecule has 0 bridgehead atoms. The molecule has 0 spiro atoms. The third-order valence-electron chi connectivity index (χ3n) is 4.46. The van der Waals surface area contributed by atoms with E-state index in [4.69, 9.17) is 18.0 Å². The average molecular weight is 459 g/mol. The number of carbonyl (C=O) groups is 1. The van der Waals surface area contributed by atoms with Gasteiger partial charge in [-0.05, 0) is 31.9 Å². The first-order chi connectivity index (χ1) is 14.5. The number of carbonyl (C=O) groups excluding carboxylic acids is 1. The number of nitrogens with zero attached hydrogens (tertiary/aromatic N) is 6. The minimum Gasteiger partial charge on any atom is -0.383 e. The van der Waals surface area contributed by atoms with Crippen LogP contribution in [0.5, 0.6) is 0 Å². The highest BCUT2D eigenvalue weighted by atomic mass is 32.2. The Morgan fingerprint density at radius 2 is 2.23 bits per heavy atom. The summed E-state index contributed by atoms with van der Waals surface area (Å²) in [5.41, 5.74) is 7.60. The van der Waals surface area contributed by atoms with Gasteiger partial charge in [0.15, 0.2) is 11.6 Å². The molecule has 1 fully saturated rings. The van der Waals surface area contributed by atoms with E-state index in [-0.39, 0.29) is 5.91 Å². The van der Waals surface area contributed by atoms with Gasteiger partial charge in [0, 0.05) is 40.5 Å². The molecule has 0 atom stereocenters. The standard InChI is InChI=1S/C18H18N8OS3/c1-10-8-20-16(21-15(10)19)11-6-12(29-9-11)7-13-17(27)26(18(28)30-13)5-3-2-4-14-22-24-25-23-14/h6-9H,2-5H2,1H3,(H2,19,20,21)(H,22,23,24,25)/b13-7-. The number of nitrogen functional groups attached to an aromatic ring is 1. The molecule has 12 heteroatoms. The first kappa shape index (κ1) is 20.6. The van der Waals surface area contributed by atoms with Crippen molar-refractivity contribution in [3.63, 3.8) is 0 Å². The fourth-order valence-corrected chi connectivity index (χ4v) is 4.99. The predicted molar refractivity (Wildman–Crippen MR) is 121 cm³/mol. The van der Waals surface area contributed by atoms with Crippen molar-refractivity contribution in [3.8, 4) is 11.4 Å². The van der Waals surface area contributed by atoms with Gasteiger partial charge in [-0.2, -0.15) is 5.21 Å². The van der Waals surface area contributed by atoms with Gasteiger partial charge in [0.25, 0.3) is 5.91 Å². The maximum atomic E-state index is 12.8. The number of tetrazole rings is 1. The summed E-state index contributed by atoms with van der Waals surface area (Å²) < 4.78 is 0.581. The van der Waals surface area contributed by atoms with E-state index in [0.29, 0.717) is 39.7 Å². The van der Waals surface area contributed by atoms with E-state index in [1.165, 1.54) is 23.1 Å².